The van der Waals surface area contributed by atoms with Crippen molar-refractivity contribution in [3.05, 3.63) is 28.3 Å². The van der Waals surface area contributed by atoms with E-state index in [9.17, 15) is 4.79 Å². The van der Waals surface area contributed by atoms with Crippen LogP contribution in [0.2, 0.25) is 0 Å². The Balaban J connectivity index is 1.70. The van der Waals surface area contributed by atoms with Gasteiger partial charge in [0.05, 0.1) is 6.61 Å². The predicted molar refractivity (Wildman–Crippen MR) is 108 cm³/mol. The molecule has 1 amide bonds. The van der Waals surface area contributed by atoms with Gasteiger partial charge >= 0.3 is 0 Å². The number of hydrogen-bond donors (Lipinski definition) is 1. The second kappa shape index (κ2) is 9.09. The Hall–Kier alpha value is -1.55. The summed E-state index contributed by atoms with van der Waals surface area (Å²) in [6, 6.07) is 2.57. The molecule has 0 saturated heterocycles. The lowest BCUT2D eigenvalue weighted by molar-refractivity contribution is -0.126. The molecule has 2 aliphatic carbocycles. The fraction of sp³-hybridized carbons (Fsp3) is 0.696. The standard InChI is InChI=1S/C23H35NO3/c1-15-13-22(27-12-11-26-4)17(3)21-14-18(9-10-20(15)21)16(2)23(25)24-19-7-5-6-8-19/h13,16,18-19H,5-12,14H2,1-4H3,(H,24,25). The van der Waals surface area contributed by atoms with Crippen LogP contribution in [0.4, 0.5) is 0 Å². The fourth-order valence-electron chi connectivity index (χ4n) is 4.75. The number of aryl methyl sites for hydroxylation is 1. The Labute approximate surface area is 164 Å². The van der Waals surface area contributed by atoms with Gasteiger partial charge in [-0.25, -0.2) is 0 Å². The van der Waals surface area contributed by atoms with Crippen LogP contribution in [-0.2, 0) is 22.4 Å². The molecular weight excluding hydrogens is 338 g/mol. The van der Waals surface area contributed by atoms with Crippen LogP contribution in [-0.4, -0.2) is 32.3 Å². The highest BCUT2D eigenvalue weighted by atomic mass is 16.5. The maximum absolute atomic E-state index is 12.8. The predicted octanol–water partition coefficient (Wildman–Crippen LogP) is 4.13. The highest BCUT2D eigenvalue weighted by Gasteiger charge is 2.31. The molecule has 1 aromatic rings. The third-order valence-electron chi connectivity index (χ3n) is 6.61. The van der Waals surface area contributed by atoms with Crippen molar-refractivity contribution >= 4 is 5.91 Å². The first-order chi connectivity index (χ1) is 13.0. The minimum atomic E-state index is 0.0662. The molecule has 4 nitrogen and oxygen atoms in total. The lowest BCUT2D eigenvalue weighted by atomic mass is 9.74. The zero-order valence-corrected chi connectivity index (χ0v) is 17.4. The molecule has 0 bridgehead atoms. The van der Waals surface area contributed by atoms with Crippen molar-refractivity contribution in [2.24, 2.45) is 11.8 Å². The van der Waals surface area contributed by atoms with Gasteiger partial charge in [-0.2, -0.15) is 0 Å². The zero-order valence-electron chi connectivity index (χ0n) is 17.4. The van der Waals surface area contributed by atoms with E-state index in [0.717, 1.165) is 37.9 Å². The molecule has 1 fully saturated rings. The number of methoxy groups -OCH3 is 1. The van der Waals surface area contributed by atoms with E-state index in [0.29, 0.717) is 25.2 Å². The first-order valence-electron chi connectivity index (χ1n) is 10.5. The molecule has 4 heteroatoms. The van der Waals surface area contributed by atoms with E-state index in [1.165, 1.54) is 35.1 Å². The van der Waals surface area contributed by atoms with E-state index in [1.54, 1.807) is 7.11 Å². The van der Waals surface area contributed by atoms with Crippen molar-refractivity contribution in [2.45, 2.75) is 71.8 Å². The number of carbonyl (C=O) groups excluding carboxylic acids is 1. The second-order valence-corrected chi connectivity index (χ2v) is 8.40. The molecule has 0 aliphatic heterocycles. The Morgan fingerprint density at radius 1 is 1.19 bits per heavy atom. The van der Waals surface area contributed by atoms with E-state index >= 15 is 0 Å². The normalized spacial score (nSPS) is 21.0. The van der Waals surface area contributed by atoms with Crippen LogP contribution < -0.4 is 10.1 Å². The van der Waals surface area contributed by atoms with Gasteiger partial charge in [-0.1, -0.05) is 19.8 Å². The van der Waals surface area contributed by atoms with Gasteiger partial charge in [0, 0.05) is 19.1 Å². The number of rotatable bonds is 7. The van der Waals surface area contributed by atoms with E-state index in [1.807, 2.05) is 0 Å². The molecular formula is C23H35NO3. The van der Waals surface area contributed by atoms with Crippen molar-refractivity contribution in [1.82, 2.24) is 5.32 Å². The van der Waals surface area contributed by atoms with Crippen molar-refractivity contribution in [2.75, 3.05) is 20.3 Å². The van der Waals surface area contributed by atoms with E-state index in [-0.39, 0.29) is 11.8 Å². The lowest BCUT2D eigenvalue weighted by Gasteiger charge is -2.32. The van der Waals surface area contributed by atoms with Gasteiger partial charge < -0.3 is 14.8 Å². The van der Waals surface area contributed by atoms with Gasteiger partial charge in [-0.15, -0.1) is 0 Å². The van der Waals surface area contributed by atoms with Crippen LogP contribution in [0.3, 0.4) is 0 Å². The summed E-state index contributed by atoms with van der Waals surface area (Å²) >= 11 is 0. The van der Waals surface area contributed by atoms with Crippen molar-refractivity contribution in [3.8, 4) is 5.75 Å². The molecule has 150 valence electrons. The quantitative estimate of drug-likeness (QED) is 0.731. The van der Waals surface area contributed by atoms with Crippen molar-refractivity contribution in [1.29, 1.82) is 0 Å². The van der Waals surface area contributed by atoms with Gasteiger partial charge in [0.2, 0.25) is 5.91 Å². The molecule has 2 atom stereocenters. The Morgan fingerprint density at radius 2 is 1.93 bits per heavy atom. The molecule has 1 aromatic carbocycles. The summed E-state index contributed by atoms with van der Waals surface area (Å²) in [5.41, 5.74) is 5.41. The molecule has 0 heterocycles. The highest BCUT2D eigenvalue weighted by Crippen LogP contribution is 2.37. The van der Waals surface area contributed by atoms with Gasteiger partial charge in [-0.05, 0) is 80.2 Å². The maximum atomic E-state index is 12.8. The molecule has 3 rings (SSSR count). The molecule has 2 unspecified atom stereocenters. The summed E-state index contributed by atoms with van der Waals surface area (Å²) in [4.78, 5) is 12.8. The largest absolute Gasteiger partial charge is 0.491 e. The van der Waals surface area contributed by atoms with Crippen LogP contribution in [0.15, 0.2) is 6.07 Å². The molecule has 1 saturated carbocycles. The van der Waals surface area contributed by atoms with Crippen LogP contribution in [0, 0.1) is 25.7 Å². The van der Waals surface area contributed by atoms with Crippen molar-refractivity contribution in [3.63, 3.8) is 0 Å². The monoisotopic (exact) mass is 373 g/mol. The summed E-state index contributed by atoms with van der Waals surface area (Å²) in [6.07, 6.45) is 7.92. The zero-order chi connectivity index (χ0) is 19.4. The number of benzene rings is 1. The maximum Gasteiger partial charge on any atom is 0.223 e. The summed E-state index contributed by atoms with van der Waals surface area (Å²) in [7, 11) is 1.69. The number of carbonyl (C=O) groups is 1. The van der Waals surface area contributed by atoms with Gasteiger partial charge in [0.25, 0.3) is 0 Å². The first-order valence-corrected chi connectivity index (χ1v) is 10.5. The van der Waals surface area contributed by atoms with E-state index < -0.39 is 0 Å². The number of fused-ring (bicyclic) bond motifs is 1. The van der Waals surface area contributed by atoms with Gasteiger partial charge in [0.1, 0.15) is 12.4 Å². The summed E-state index contributed by atoms with van der Waals surface area (Å²) in [5, 5.41) is 3.29. The topological polar surface area (TPSA) is 47.6 Å². The van der Waals surface area contributed by atoms with Crippen LogP contribution in [0.5, 0.6) is 5.75 Å². The van der Waals surface area contributed by atoms with Gasteiger partial charge in [-0.3, -0.25) is 4.79 Å². The average Bonchev–Trinajstić information content (AvgIpc) is 3.17. The minimum absolute atomic E-state index is 0.0662. The molecule has 0 spiro atoms. The van der Waals surface area contributed by atoms with E-state index in [2.05, 4.69) is 32.2 Å². The van der Waals surface area contributed by atoms with E-state index in [4.69, 9.17) is 9.47 Å². The third-order valence-corrected chi connectivity index (χ3v) is 6.61. The molecule has 1 N–H and O–H groups in total. The number of amides is 1. The summed E-state index contributed by atoms with van der Waals surface area (Å²) < 4.78 is 11.1. The molecule has 27 heavy (non-hydrogen) atoms. The number of hydrogen-bond acceptors (Lipinski definition) is 3. The smallest absolute Gasteiger partial charge is 0.223 e. The van der Waals surface area contributed by atoms with Crippen molar-refractivity contribution < 1.29 is 14.3 Å². The van der Waals surface area contributed by atoms with Crippen LogP contribution in [0.25, 0.3) is 0 Å². The molecule has 0 aromatic heterocycles. The molecule has 2 aliphatic rings. The fourth-order valence-corrected chi connectivity index (χ4v) is 4.75. The van der Waals surface area contributed by atoms with Crippen LogP contribution in [0.1, 0.15) is 61.3 Å². The Kier molecular flexibility index (Phi) is 6.80. The average molecular weight is 374 g/mol. The molecule has 0 radical (unpaired) electrons. The van der Waals surface area contributed by atoms with Crippen LogP contribution >= 0.6 is 0 Å². The Bertz CT molecular complexity index is 664. The third kappa shape index (κ3) is 4.66. The number of nitrogens with one attached hydrogen (secondary N) is 1. The summed E-state index contributed by atoms with van der Waals surface area (Å²) in [5.74, 6) is 1.69. The Morgan fingerprint density at radius 3 is 2.63 bits per heavy atom. The lowest BCUT2D eigenvalue weighted by Crippen LogP contribution is -2.40. The highest BCUT2D eigenvalue weighted by molar-refractivity contribution is 5.79. The van der Waals surface area contributed by atoms with Gasteiger partial charge in [0.15, 0.2) is 0 Å². The first kappa shape index (κ1) is 20.2. The summed E-state index contributed by atoms with van der Waals surface area (Å²) in [6.45, 7) is 7.61. The number of ether oxygens (including phenoxy) is 2. The second-order valence-electron chi connectivity index (χ2n) is 8.40. The minimum Gasteiger partial charge on any atom is -0.491 e. The SMILES string of the molecule is COCCOc1cc(C)c2c(c1C)CC(C(C)C(=O)NC1CCCC1)CC2.